The SMILES string of the molecule is CCCCN(CCCC)c1nc2c(OC)cc3c4ccccc4oc3c2c(=O)[nH]1. The summed E-state index contributed by atoms with van der Waals surface area (Å²) in [6.07, 6.45) is 4.27. The van der Waals surface area contributed by atoms with Crippen molar-refractivity contribution in [2.75, 3.05) is 25.1 Å². The average Bonchev–Trinajstić information content (AvgIpc) is 3.11. The second-order valence-electron chi connectivity index (χ2n) is 7.36. The van der Waals surface area contributed by atoms with E-state index in [0.717, 1.165) is 55.1 Å². The minimum absolute atomic E-state index is 0.203. The molecular formula is C23H27N3O3. The van der Waals surface area contributed by atoms with Gasteiger partial charge in [0.1, 0.15) is 22.2 Å². The highest BCUT2D eigenvalue weighted by atomic mass is 16.5. The van der Waals surface area contributed by atoms with Crippen molar-refractivity contribution >= 4 is 38.8 Å². The van der Waals surface area contributed by atoms with Gasteiger partial charge in [-0.05, 0) is 25.0 Å². The predicted molar refractivity (Wildman–Crippen MR) is 118 cm³/mol. The molecule has 0 bridgehead atoms. The first-order valence-electron chi connectivity index (χ1n) is 10.3. The molecule has 29 heavy (non-hydrogen) atoms. The Kier molecular flexibility index (Phi) is 5.43. The number of unbranched alkanes of at least 4 members (excludes halogenated alkanes) is 2. The quantitative estimate of drug-likeness (QED) is 0.443. The molecule has 4 rings (SSSR count). The fourth-order valence-electron chi connectivity index (χ4n) is 3.77. The summed E-state index contributed by atoms with van der Waals surface area (Å²) in [6.45, 7) is 6.05. The minimum Gasteiger partial charge on any atom is -0.494 e. The van der Waals surface area contributed by atoms with Crippen molar-refractivity contribution in [2.24, 2.45) is 0 Å². The lowest BCUT2D eigenvalue weighted by Gasteiger charge is -2.23. The van der Waals surface area contributed by atoms with Gasteiger partial charge in [-0.3, -0.25) is 9.78 Å². The molecule has 6 nitrogen and oxygen atoms in total. The number of ether oxygens (including phenoxy) is 1. The molecule has 0 fully saturated rings. The smallest absolute Gasteiger partial charge is 0.264 e. The van der Waals surface area contributed by atoms with Gasteiger partial charge in [0.2, 0.25) is 5.95 Å². The molecule has 0 unspecified atom stereocenters. The Balaban J connectivity index is 1.96. The standard InChI is InChI=1S/C23H27N3O3/c1-4-6-12-26(13-7-5-2)23-24-20-18(28-3)14-16-15-10-8-9-11-17(15)29-21(16)19(20)22(27)25-23/h8-11,14H,4-7,12-13H2,1-3H3,(H,24,25,27). The molecule has 152 valence electrons. The van der Waals surface area contributed by atoms with Crippen LogP contribution in [0.25, 0.3) is 32.8 Å². The number of benzene rings is 2. The highest BCUT2D eigenvalue weighted by Crippen LogP contribution is 2.37. The summed E-state index contributed by atoms with van der Waals surface area (Å²) in [4.78, 5) is 23.2. The summed E-state index contributed by atoms with van der Waals surface area (Å²) < 4.78 is 11.7. The molecule has 0 amide bonds. The lowest BCUT2D eigenvalue weighted by Crippen LogP contribution is -2.29. The van der Waals surface area contributed by atoms with Crippen molar-refractivity contribution in [3.8, 4) is 5.75 Å². The number of rotatable bonds is 8. The molecule has 4 aromatic rings. The number of nitrogens with one attached hydrogen (secondary N) is 1. The topological polar surface area (TPSA) is 71.4 Å². The number of aromatic nitrogens is 2. The first kappa shape index (κ1) is 19.3. The van der Waals surface area contributed by atoms with E-state index < -0.39 is 0 Å². The van der Waals surface area contributed by atoms with Gasteiger partial charge in [-0.15, -0.1) is 0 Å². The predicted octanol–water partition coefficient (Wildman–Crippen LogP) is 5.24. The number of hydrogen-bond acceptors (Lipinski definition) is 5. The van der Waals surface area contributed by atoms with E-state index >= 15 is 0 Å². The summed E-state index contributed by atoms with van der Waals surface area (Å²) in [5.74, 6) is 1.18. The molecule has 2 heterocycles. The van der Waals surface area contributed by atoms with Crippen molar-refractivity contribution in [3.63, 3.8) is 0 Å². The van der Waals surface area contributed by atoms with Crippen LogP contribution >= 0.6 is 0 Å². The fourth-order valence-corrected chi connectivity index (χ4v) is 3.77. The second kappa shape index (κ2) is 8.15. The fraction of sp³-hybridized carbons (Fsp3) is 0.391. The molecule has 0 saturated heterocycles. The Labute approximate surface area is 169 Å². The van der Waals surface area contributed by atoms with Gasteiger partial charge in [0.25, 0.3) is 5.56 Å². The Hall–Kier alpha value is -3.02. The van der Waals surface area contributed by atoms with Gasteiger partial charge in [-0.25, -0.2) is 4.98 Å². The van der Waals surface area contributed by atoms with E-state index in [2.05, 4.69) is 23.7 Å². The monoisotopic (exact) mass is 393 g/mol. The first-order valence-corrected chi connectivity index (χ1v) is 10.3. The Morgan fingerprint density at radius 3 is 2.52 bits per heavy atom. The van der Waals surface area contributed by atoms with Crippen LogP contribution in [-0.4, -0.2) is 30.2 Å². The number of fused-ring (bicyclic) bond motifs is 5. The molecule has 0 spiro atoms. The number of furan rings is 1. The number of hydrogen-bond donors (Lipinski definition) is 1. The number of methoxy groups -OCH3 is 1. The molecule has 0 aliphatic heterocycles. The third-order valence-electron chi connectivity index (χ3n) is 5.36. The summed E-state index contributed by atoms with van der Waals surface area (Å²) in [5.41, 5.74) is 1.63. The molecule has 1 N–H and O–H groups in total. The van der Waals surface area contributed by atoms with E-state index in [1.165, 1.54) is 0 Å². The maximum atomic E-state index is 13.2. The van der Waals surface area contributed by atoms with E-state index in [1.54, 1.807) is 7.11 Å². The summed E-state index contributed by atoms with van der Waals surface area (Å²) >= 11 is 0. The highest BCUT2D eigenvalue weighted by Gasteiger charge is 2.20. The summed E-state index contributed by atoms with van der Waals surface area (Å²) in [7, 11) is 1.61. The van der Waals surface area contributed by atoms with Gasteiger partial charge in [0.15, 0.2) is 5.58 Å². The molecule has 0 aliphatic carbocycles. The number of nitrogens with zero attached hydrogens (tertiary/aromatic N) is 2. The molecule has 2 aromatic carbocycles. The van der Waals surface area contributed by atoms with Crippen LogP contribution in [0.4, 0.5) is 5.95 Å². The van der Waals surface area contributed by atoms with Crippen molar-refractivity contribution in [1.82, 2.24) is 9.97 Å². The Morgan fingerprint density at radius 1 is 1.10 bits per heavy atom. The highest BCUT2D eigenvalue weighted by molar-refractivity contribution is 6.15. The van der Waals surface area contributed by atoms with Crippen LogP contribution in [0.3, 0.4) is 0 Å². The Bertz CT molecular complexity index is 1200. The number of aromatic amines is 1. The van der Waals surface area contributed by atoms with Crippen molar-refractivity contribution in [2.45, 2.75) is 39.5 Å². The molecule has 6 heteroatoms. The molecule has 0 aliphatic rings. The van der Waals surface area contributed by atoms with Crippen LogP contribution in [0, 0.1) is 0 Å². The number of H-pyrrole nitrogens is 1. The first-order chi connectivity index (χ1) is 14.2. The van der Waals surface area contributed by atoms with Gasteiger partial charge in [0, 0.05) is 23.9 Å². The number of anilines is 1. The zero-order valence-corrected chi connectivity index (χ0v) is 17.2. The molecule has 0 saturated carbocycles. The second-order valence-corrected chi connectivity index (χ2v) is 7.36. The maximum Gasteiger partial charge on any atom is 0.264 e. The van der Waals surface area contributed by atoms with Crippen LogP contribution in [0.2, 0.25) is 0 Å². The zero-order valence-electron chi connectivity index (χ0n) is 17.2. The van der Waals surface area contributed by atoms with E-state index in [1.807, 2.05) is 30.3 Å². The average molecular weight is 393 g/mol. The molecular weight excluding hydrogens is 366 g/mol. The normalized spacial score (nSPS) is 11.6. The minimum atomic E-state index is -0.203. The van der Waals surface area contributed by atoms with Gasteiger partial charge in [-0.1, -0.05) is 44.9 Å². The lowest BCUT2D eigenvalue weighted by atomic mass is 10.1. The van der Waals surface area contributed by atoms with Crippen molar-refractivity contribution < 1.29 is 9.15 Å². The van der Waals surface area contributed by atoms with Gasteiger partial charge < -0.3 is 14.1 Å². The van der Waals surface area contributed by atoms with E-state index in [9.17, 15) is 4.79 Å². The summed E-state index contributed by atoms with van der Waals surface area (Å²) in [6, 6.07) is 9.69. The van der Waals surface area contributed by atoms with Crippen molar-refractivity contribution in [1.29, 1.82) is 0 Å². The van der Waals surface area contributed by atoms with E-state index in [0.29, 0.717) is 28.2 Å². The molecule has 2 aromatic heterocycles. The van der Waals surface area contributed by atoms with E-state index in [-0.39, 0.29) is 5.56 Å². The largest absolute Gasteiger partial charge is 0.494 e. The summed E-state index contributed by atoms with van der Waals surface area (Å²) in [5, 5.41) is 2.25. The van der Waals surface area contributed by atoms with Crippen LogP contribution in [-0.2, 0) is 0 Å². The Morgan fingerprint density at radius 2 is 1.83 bits per heavy atom. The van der Waals surface area contributed by atoms with Crippen LogP contribution in [0.15, 0.2) is 39.5 Å². The van der Waals surface area contributed by atoms with Crippen LogP contribution in [0.5, 0.6) is 5.75 Å². The van der Waals surface area contributed by atoms with E-state index in [4.69, 9.17) is 14.1 Å². The van der Waals surface area contributed by atoms with Gasteiger partial charge in [-0.2, -0.15) is 0 Å². The van der Waals surface area contributed by atoms with Crippen LogP contribution in [0.1, 0.15) is 39.5 Å². The maximum absolute atomic E-state index is 13.2. The third kappa shape index (κ3) is 3.43. The zero-order chi connectivity index (χ0) is 20.4. The molecule has 0 atom stereocenters. The lowest BCUT2D eigenvalue weighted by molar-refractivity contribution is 0.419. The van der Waals surface area contributed by atoms with Gasteiger partial charge in [0.05, 0.1) is 7.11 Å². The number of para-hydroxylation sites is 1. The van der Waals surface area contributed by atoms with Crippen molar-refractivity contribution in [3.05, 3.63) is 40.7 Å². The van der Waals surface area contributed by atoms with Gasteiger partial charge >= 0.3 is 0 Å². The van der Waals surface area contributed by atoms with Crippen LogP contribution < -0.4 is 15.2 Å². The third-order valence-corrected chi connectivity index (χ3v) is 5.36. The molecule has 0 radical (unpaired) electrons.